The summed E-state index contributed by atoms with van der Waals surface area (Å²) in [4.78, 5) is 12.6. The SMILES string of the molecule is COc1ccc(NS(=O)(=O)c2ccc(NC(=O)c3ccc(OCC(C)C)cc3)cc2)cc1. The van der Waals surface area contributed by atoms with Crippen molar-refractivity contribution in [1.29, 1.82) is 0 Å². The van der Waals surface area contributed by atoms with Gasteiger partial charge in [0.25, 0.3) is 15.9 Å². The highest BCUT2D eigenvalue weighted by atomic mass is 32.2. The molecular weight excluding hydrogens is 428 g/mol. The molecule has 0 bridgehead atoms. The second kappa shape index (κ2) is 10.2. The number of methoxy groups -OCH3 is 1. The van der Waals surface area contributed by atoms with Gasteiger partial charge in [0.15, 0.2) is 0 Å². The Morgan fingerprint density at radius 3 is 1.97 bits per heavy atom. The largest absolute Gasteiger partial charge is 0.497 e. The van der Waals surface area contributed by atoms with Gasteiger partial charge in [-0.1, -0.05) is 13.8 Å². The monoisotopic (exact) mass is 454 g/mol. The molecule has 0 spiro atoms. The predicted octanol–water partition coefficient (Wildman–Crippen LogP) is 4.78. The standard InChI is InChI=1S/C24H26N2O5S/c1-17(2)16-31-22-10-4-18(5-11-22)24(27)25-19-8-14-23(15-9-19)32(28,29)26-20-6-12-21(30-3)13-7-20/h4-15,17,26H,16H2,1-3H3,(H,25,27). The highest BCUT2D eigenvalue weighted by Gasteiger charge is 2.15. The number of hydrogen-bond acceptors (Lipinski definition) is 5. The first-order chi connectivity index (χ1) is 15.3. The van der Waals surface area contributed by atoms with E-state index in [-0.39, 0.29) is 10.8 Å². The molecule has 0 aliphatic heterocycles. The minimum atomic E-state index is -3.76. The lowest BCUT2D eigenvalue weighted by atomic mass is 10.2. The third-order valence-corrected chi connectivity index (χ3v) is 5.86. The van der Waals surface area contributed by atoms with Crippen molar-refractivity contribution in [3.63, 3.8) is 0 Å². The zero-order valence-corrected chi connectivity index (χ0v) is 19.0. The second-order valence-corrected chi connectivity index (χ2v) is 9.22. The van der Waals surface area contributed by atoms with Crippen molar-refractivity contribution in [1.82, 2.24) is 0 Å². The molecule has 3 aromatic rings. The normalized spacial score (nSPS) is 11.1. The fraction of sp³-hybridized carbons (Fsp3) is 0.208. The highest BCUT2D eigenvalue weighted by molar-refractivity contribution is 7.92. The first-order valence-electron chi connectivity index (χ1n) is 10.1. The molecule has 0 saturated heterocycles. The minimum absolute atomic E-state index is 0.0815. The lowest BCUT2D eigenvalue weighted by Crippen LogP contribution is -2.14. The Morgan fingerprint density at radius 2 is 1.41 bits per heavy atom. The number of benzene rings is 3. The molecule has 0 aromatic heterocycles. The number of hydrogen-bond donors (Lipinski definition) is 2. The molecule has 0 radical (unpaired) electrons. The van der Waals surface area contributed by atoms with E-state index in [0.29, 0.717) is 41.0 Å². The molecule has 2 N–H and O–H groups in total. The first-order valence-corrected chi connectivity index (χ1v) is 11.6. The lowest BCUT2D eigenvalue weighted by Gasteiger charge is -2.11. The molecule has 0 fully saturated rings. The average molecular weight is 455 g/mol. The molecule has 168 valence electrons. The van der Waals surface area contributed by atoms with Crippen LogP contribution in [0.5, 0.6) is 11.5 Å². The zero-order chi connectivity index (χ0) is 23.1. The van der Waals surface area contributed by atoms with Gasteiger partial charge in [0, 0.05) is 16.9 Å². The molecule has 0 aliphatic carbocycles. The molecule has 0 aliphatic rings. The third kappa shape index (κ3) is 6.24. The summed E-state index contributed by atoms with van der Waals surface area (Å²) >= 11 is 0. The van der Waals surface area contributed by atoms with Crippen LogP contribution in [0.4, 0.5) is 11.4 Å². The average Bonchev–Trinajstić information content (AvgIpc) is 2.78. The van der Waals surface area contributed by atoms with Crippen molar-refractivity contribution < 1.29 is 22.7 Å². The topological polar surface area (TPSA) is 93.7 Å². The highest BCUT2D eigenvalue weighted by Crippen LogP contribution is 2.21. The van der Waals surface area contributed by atoms with Crippen LogP contribution in [0.1, 0.15) is 24.2 Å². The number of sulfonamides is 1. The molecule has 32 heavy (non-hydrogen) atoms. The van der Waals surface area contributed by atoms with Crippen LogP contribution in [0.3, 0.4) is 0 Å². The van der Waals surface area contributed by atoms with Crippen LogP contribution in [-0.4, -0.2) is 28.0 Å². The Hall–Kier alpha value is -3.52. The van der Waals surface area contributed by atoms with Crippen molar-refractivity contribution in [3.8, 4) is 11.5 Å². The van der Waals surface area contributed by atoms with Gasteiger partial charge >= 0.3 is 0 Å². The smallest absolute Gasteiger partial charge is 0.261 e. The molecule has 0 unspecified atom stereocenters. The molecule has 8 heteroatoms. The second-order valence-electron chi connectivity index (χ2n) is 7.54. The van der Waals surface area contributed by atoms with Gasteiger partial charge in [-0.2, -0.15) is 0 Å². The summed E-state index contributed by atoms with van der Waals surface area (Å²) in [7, 11) is -2.23. The molecule has 1 amide bonds. The van der Waals surface area contributed by atoms with Crippen LogP contribution in [0, 0.1) is 5.92 Å². The van der Waals surface area contributed by atoms with E-state index in [9.17, 15) is 13.2 Å². The van der Waals surface area contributed by atoms with Gasteiger partial charge in [0.2, 0.25) is 0 Å². The van der Waals surface area contributed by atoms with Crippen LogP contribution < -0.4 is 19.5 Å². The minimum Gasteiger partial charge on any atom is -0.497 e. The number of ether oxygens (including phenoxy) is 2. The molecule has 0 heterocycles. The van der Waals surface area contributed by atoms with E-state index in [1.54, 1.807) is 60.7 Å². The Kier molecular flexibility index (Phi) is 7.37. The number of amides is 1. The fourth-order valence-corrected chi connectivity index (χ4v) is 3.82. The summed E-state index contributed by atoms with van der Waals surface area (Å²) in [5.41, 5.74) is 1.38. The van der Waals surface area contributed by atoms with E-state index in [4.69, 9.17) is 9.47 Å². The van der Waals surface area contributed by atoms with Gasteiger partial charge in [-0.05, 0) is 78.7 Å². The maximum atomic E-state index is 12.6. The molecule has 0 atom stereocenters. The summed E-state index contributed by atoms with van der Waals surface area (Å²) in [5.74, 6) is 1.45. The Bertz CT molecular complexity index is 1140. The molecule has 7 nitrogen and oxygen atoms in total. The molecule has 3 aromatic carbocycles. The molecule has 0 saturated carbocycles. The van der Waals surface area contributed by atoms with Crippen molar-refractivity contribution in [2.45, 2.75) is 18.7 Å². The van der Waals surface area contributed by atoms with Gasteiger partial charge in [0.05, 0.1) is 18.6 Å². The molecule has 3 rings (SSSR count). The Morgan fingerprint density at radius 1 is 0.844 bits per heavy atom. The number of carbonyl (C=O) groups excluding carboxylic acids is 1. The summed E-state index contributed by atoms with van der Waals surface area (Å²) in [5, 5.41) is 2.76. The van der Waals surface area contributed by atoms with E-state index in [2.05, 4.69) is 23.9 Å². The number of nitrogens with one attached hydrogen (secondary N) is 2. The maximum absolute atomic E-state index is 12.6. The first kappa shape index (κ1) is 23.1. The third-order valence-electron chi connectivity index (χ3n) is 4.46. The van der Waals surface area contributed by atoms with E-state index in [1.165, 1.54) is 19.2 Å². The summed E-state index contributed by atoms with van der Waals surface area (Å²) in [6.07, 6.45) is 0. The van der Waals surface area contributed by atoms with E-state index < -0.39 is 10.0 Å². The number of rotatable bonds is 9. The van der Waals surface area contributed by atoms with Crippen LogP contribution in [0.2, 0.25) is 0 Å². The van der Waals surface area contributed by atoms with Gasteiger partial charge in [0.1, 0.15) is 11.5 Å². The molecular formula is C24H26N2O5S. The van der Waals surface area contributed by atoms with E-state index in [1.807, 2.05) is 0 Å². The van der Waals surface area contributed by atoms with Crippen LogP contribution in [0.25, 0.3) is 0 Å². The van der Waals surface area contributed by atoms with Crippen molar-refractivity contribution in [2.24, 2.45) is 5.92 Å². The summed E-state index contributed by atoms with van der Waals surface area (Å²) in [6, 6.07) is 19.4. The van der Waals surface area contributed by atoms with Gasteiger partial charge in [-0.3, -0.25) is 9.52 Å². The predicted molar refractivity (Wildman–Crippen MR) is 125 cm³/mol. The number of anilines is 2. The maximum Gasteiger partial charge on any atom is 0.261 e. The Balaban J connectivity index is 1.62. The van der Waals surface area contributed by atoms with Gasteiger partial charge in [-0.25, -0.2) is 8.42 Å². The van der Waals surface area contributed by atoms with Crippen molar-refractivity contribution in [3.05, 3.63) is 78.4 Å². The van der Waals surface area contributed by atoms with E-state index >= 15 is 0 Å². The quantitative estimate of drug-likeness (QED) is 0.485. The van der Waals surface area contributed by atoms with Crippen molar-refractivity contribution >= 4 is 27.3 Å². The van der Waals surface area contributed by atoms with Crippen LogP contribution in [0.15, 0.2) is 77.7 Å². The summed E-state index contributed by atoms with van der Waals surface area (Å²) in [6.45, 7) is 4.73. The van der Waals surface area contributed by atoms with Crippen LogP contribution >= 0.6 is 0 Å². The van der Waals surface area contributed by atoms with Gasteiger partial charge in [-0.15, -0.1) is 0 Å². The van der Waals surface area contributed by atoms with Crippen LogP contribution in [-0.2, 0) is 10.0 Å². The number of carbonyl (C=O) groups is 1. The van der Waals surface area contributed by atoms with Gasteiger partial charge < -0.3 is 14.8 Å². The fourth-order valence-electron chi connectivity index (χ4n) is 2.76. The zero-order valence-electron chi connectivity index (χ0n) is 18.2. The Labute approximate surface area is 188 Å². The van der Waals surface area contributed by atoms with Crippen molar-refractivity contribution in [2.75, 3.05) is 23.8 Å². The van der Waals surface area contributed by atoms with E-state index in [0.717, 1.165) is 0 Å². The lowest BCUT2D eigenvalue weighted by molar-refractivity contribution is 0.102. The summed E-state index contributed by atoms with van der Waals surface area (Å²) < 4.78 is 38.4.